The smallest absolute Gasteiger partial charge is 0.288 e. The molecule has 8 heteroatoms. The molecule has 0 radical (unpaired) electrons. The topological polar surface area (TPSA) is 111 Å². The number of anilines is 1. The highest BCUT2D eigenvalue weighted by atomic mass is 32.2. The van der Waals surface area contributed by atoms with Crippen molar-refractivity contribution >= 4 is 29.2 Å². The molecule has 1 aromatic heterocycles. The molecule has 0 atom stereocenters. The standard InChI is InChI=1S/C11H16N4O3S/c1-11(2,19-3)6-14-10-8(9(12)16)4-7(5-13-10)15(17)18/h4-5H,6H2,1-3H3,(H2,12,16)(H,13,14). The van der Waals surface area contributed by atoms with Crippen LogP contribution in [0.25, 0.3) is 0 Å². The number of amides is 1. The van der Waals surface area contributed by atoms with E-state index < -0.39 is 10.8 Å². The summed E-state index contributed by atoms with van der Waals surface area (Å²) >= 11 is 1.65. The zero-order chi connectivity index (χ0) is 14.6. The lowest BCUT2D eigenvalue weighted by molar-refractivity contribution is -0.385. The van der Waals surface area contributed by atoms with Crippen LogP contribution in [0.3, 0.4) is 0 Å². The Bertz CT molecular complexity index is 505. The van der Waals surface area contributed by atoms with Crippen LogP contribution in [0.2, 0.25) is 0 Å². The van der Waals surface area contributed by atoms with Crippen molar-refractivity contribution in [3.8, 4) is 0 Å². The molecule has 0 saturated heterocycles. The minimum atomic E-state index is -0.749. The maximum atomic E-state index is 11.3. The van der Waals surface area contributed by atoms with Crippen molar-refractivity contribution < 1.29 is 9.72 Å². The Kier molecular flexibility index (Phi) is 4.71. The minimum Gasteiger partial charge on any atom is -0.368 e. The summed E-state index contributed by atoms with van der Waals surface area (Å²) in [6.07, 6.45) is 3.07. The molecule has 3 N–H and O–H groups in total. The molecule has 1 rings (SSSR count). The van der Waals surface area contributed by atoms with Gasteiger partial charge in [-0.2, -0.15) is 11.8 Å². The Morgan fingerprint density at radius 2 is 2.26 bits per heavy atom. The molecule has 0 aliphatic carbocycles. The third kappa shape index (κ3) is 4.09. The first-order valence-electron chi connectivity index (χ1n) is 5.50. The zero-order valence-corrected chi connectivity index (χ0v) is 11.8. The average molecular weight is 284 g/mol. The molecule has 1 heterocycles. The molecule has 1 aromatic rings. The van der Waals surface area contributed by atoms with E-state index in [-0.39, 0.29) is 21.8 Å². The second-order valence-electron chi connectivity index (χ2n) is 4.53. The first-order valence-corrected chi connectivity index (χ1v) is 6.72. The number of pyridine rings is 1. The number of nitrogens with two attached hydrogens (primary N) is 1. The van der Waals surface area contributed by atoms with E-state index in [4.69, 9.17) is 5.73 Å². The van der Waals surface area contributed by atoms with Gasteiger partial charge in [0.1, 0.15) is 12.0 Å². The first kappa shape index (κ1) is 15.2. The van der Waals surface area contributed by atoms with Gasteiger partial charge in [0.05, 0.1) is 10.5 Å². The largest absolute Gasteiger partial charge is 0.368 e. The highest BCUT2D eigenvalue weighted by Gasteiger charge is 2.20. The summed E-state index contributed by atoms with van der Waals surface area (Å²) in [6, 6.07) is 1.13. The number of carbonyl (C=O) groups excluding carboxylic acids is 1. The number of carbonyl (C=O) groups is 1. The Morgan fingerprint density at radius 1 is 1.63 bits per heavy atom. The predicted molar refractivity (Wildman–Crippen MR) is 75.5 cm³/mol. The van der Waals surface area contributed by atoms with Crippen molar-refractivity contribution in [2.24, 2.45) is 5.73 Å². The Morgan fingerprint density at radius 3 is 2.74 bits per heavy atom. The Hall–Kier alpha value is -1.83. The monoisotopic (exact) mass is 284 g/mol. The van der Waals surface area contributed by atoms with Gasteiger partial charge in [0.2, 0.25) is 0 Å². The fourth-order valence-electron chi connectivity index (χ4n) is 1.25. The third-order valence-electron chi connectivity index (χ3n) is 2.58. The molecule has 0 fully saturated rings. The summed E-state index contributed by atoms with van der Waals surface area (Å²) < 4.78 is -0.0572. The summed E-state index contributed by atoms with van der Waals surface area (Å²) in [5, 5.41) is 13.6. The summed E-state index contributed by atoms with van der Waals surface area (Å²) in [5.41, 5.74) is 4.97. The van der Waals surface area contributed by atoms with E-state index in [1.165, 1.54) is 0 Å². The van der Waals surface area contributed by atoms with Gasteiger partial charge < -0.3 is 11.1 Å². The summed E-state index contributed by atoms with van der Waals surface area (Å²) in [7, 11) is 0. The molecule has 0 aliphatic heterocycles. The molecular weight excluding hydrogens is 268 g/mol. The van der Waals surface area contributed by atoms with Gasteiger partial charge in [0.15, 0.2) is 0 Å². The van der Waals surface area contributed by atoms with E-state index in [1.807, 2.05) is 20.1 Å². The molecule has 1 amide bonds. The fourth-order valence-corrected chi connectivity index (χ4v) is 1.47. The molecule has 0 unspecified atom stereocenters. The van der Waals surface area contributed by atoms with Crippen LogP contribution in [-0.4, -0.2) is 33.4 Å². The number of hydrogen-bond acceptors (Lipinski definition) is 6. The number of primary amides is 1. The number of nitrogens with zero attached hydrogens (tertiary/aromatic N) is 2. The van der Waals surface area contributed by atoms with Gasteiger partial charge in [-0.25, -0.2) is 4.98 Å². The molecule has 0 bridgehead atoms. The molecule has 0 aliphatic rings. The normalized spacial score (nSPS) is 11.1. The number of nitro groups is 1. The maximum Gasteiger partial charge on any atom is 0.288 e. The van der Waals surface area contributed by atoms with Crippen molar-refractivity contribution in [2.45, 2.75) is 18.6 Å². The maximum absolute atomic E-state index is 11.3. The molecule has 0 spiro atoms. The number of aromatic nitrogens is 1. The van der Waals surface area contributed by atoms with Crippen LogP contribution in [0.5, 0.6) is 0 Å². The lowest BCUT2D eigenvalue weighted by atomic mass is 10.2. The zero-order valence-electron chi connectivity index (χ0n) is 11.0. The SMILES string of the molecule is CSC(C)(C)CNc1ncc([N+](=O)[O-])cc1C(N)=O. The number of hydrogen-bond donors (Lipinski definition) is 2. The molecule has 104 valence electrons. The quantitative estimate of drug-likeness (QED) is 0.606. The second kappa shape index (κ2) is 5.87. The molecular formula is C11H16N4O3S. The van der Waals surface area contributed by atoms with Crippen molar-refractivity contribution in [2.75, 3.05) is 18.1 Å². The number of thioether (sulfide) groups is 1. The number of rotatable bonds is 6. The van der Waals surface area contributed by atoms with Crippen LogP contribution >= 0.6 is 11.8 Å². The van der Waals surface area contributed by atoms with Crippen LogP contribution in [0.15, 0.2) is 12.3 Å². The van der Waals surface area contributed by atoms with Gasteiger partial charge in [-0.1, -0.05) is 0 Å². The van der Waals surface area contributed by atoms with E-state index in [0.717, 1.165) is 12.3 Å². The minimum absolute atomic E-state index is 0.0195. The summed E-state index contributed by atoms with van der Waals surface area (Å²) in [5.74, 6) is -0.485. The van der Waals surface area contributed by atoms with Gasteiger partial charge in [-0.3, -0.25) is 14.9 Å². The molecule has 7 nitrogen and oxygen atoms in total. The Labute approximate surface area is 115 Å². The van der Waals surface area contributed by atoms with Crippen molar-refractivity contribution in [3.63, 3.8) is 0 Å². The molecule has 0 saturated carbocycles. The van der Waals surface area contributed by atoms with Gasteiger partial charge in [0, 0.05) is 17.4 Å². The van der Waals surface area contributed by atoms with E-state index in [1.54, 1.807) is 11.8 Å². The van der Waals surface area contributed by atoms with E-state index in [0.29, 0.717) is 6.54 Å². The van der Waals surface area contributed by atoms with Crippen LogP contribution in [0.1, 0.15) is 24.2 Å². The highest BCUT2D eigenvalue weighted by Crippen LogP contribution is 2.23. The fraction of sp³-hybridized carbons (Fsp3) is 0.455. The predicted octanol–water partition coefficient (Wildman–Crippen LogP) is 1.64. The van der Waals surface area contributed by atoms with Crippen LogP contribution in [0, 0.1) is 10.1 Å². The Balaban J connectivity index is 3.01. The molecule has 19 heavy (non-hydrogen) atoms. The van der Waals surface area contributed by atoms with Gasteiger partial charge in [0.25, 0.3) is 11.6 Å². The van der Waals surface area contributed by atoms with Gasteiger partial charge in [-0.15, -0.1) is 0 Å². The lowest BCUT2D eigenvalue weighted by Crippen LogP contribution is -2.27. The second-order valence-corrected chi connectivity index (χ2v) is 6.04. The number of nitrogens with one attached hydrogen (secondary N) is 1. The molecule has 0 aromatic carbocycles. The average Bonchev–Trinajstić information content (AvgIpc) is 2.36. The van der Waals surface area contributed by atoms with Crippen LogP contribution in [0.4, 0.5) is 11.5 Å². The van der Waals surface area contributed by atoms with E-state index in [2.05, 4.69) is 10.3 Å². The van der Waals surface area contributed by atoms with Crippen LogP contribution < -0.4 is 11.1 Å². The van der Waals surface area contributed by atoms with E-state index in [9.17, 15) is 14.9 Å². The third-order valence-corrected chi connectivity index (χ3v) is 3.83. The summed E-state index contributed by atoms with van der Waals surface area (Å²) in [4.78, 5) is 25.2. The van der Waals surface area contributed by atoms with E-state index >= 15 is 0 Å². The van der Waals surface area contributed by atoms with Crippen molar-refractivity contribution in [3.05, 3.63) is 27.9 Å². The van der Waals surface area contributed by atoms with Crippen molar-refractivity contribution in [1.29, 1.82) is 0 Å². The van der Waals surface area contributed by atoms with Crippen molar-refractivity contribution in [1.82, 2.24) is 4.98 Å². The van der Waals surface area contributed by atoms with Crippen LogP contribution in [-0.2, 0) is 0 Å². The first-order chi connectivity index (χ1) is 8.76. The van der Waals surface area contributed by atoms with Gasteiger partial charge in [-0.05, 0) is 20.1 Å². The summed E-state index contributed by atoms with van der Waals surface area (Å²) in [6.45, 7) is 4.61. The lowest BCUT2D eigenvalue weighted by Gasteiger charge is -2.23. The van der Waals surface area contributed by atoms with Gasteiger partial charge >= 0.3 is 0 Å². The highest BCUT2D eigenvalue weighted by molar-refractivity contribution is 7.99.